The van der Waals surface area contributed by atoms with E-state index in [0.717, 1.165) is 0 Å². The van der Waals surface area contributed by atoms with Gasteiger partial charge in [-0.25, -0.2) is 0 Å². The largest absolute Gasteiger partial charge is 0.435 e. The van der Waals surface area contributed by atoms with Crippen molar-refractivity contribution in [1.29, 1.82) is 0 Å². The molecule has 1 aliphatic heterocycles. The third-order valence-electron chi connectivity index (χ3n) is 3.81. The number of alkyl halides is 2. The number of β-amino-alcohol motifs (C(OH)–C–C–N with tert-alkyl or cyclic N) is 1. The molecular weight excluding hydrogens is 318 g/mol. The van der Waals surface area contributed by atoms with E-state index in [0.29, 0.717) is 38.3 Å². The molecule has 0 unspecified atom stereocenters. The summed E-state index contributed by atoms with van der Waals surface area (Å²) in [6.07, 6.45) is 0.159. The number of carbonyl (C=O) groups excluding carboxylic acids is 1. The number of halogens is 2. The molecule has 0 radical (unpaired) electrons. The van der Waals surface area contributed by atoms with E-state index in [1.807, 2.05) is 0 Å². The molecule has 1 aromatic carbocycles. The van der Waals surface area contributed by atoms with E-state index in [4.69, 9.17) is 0 Å². The van der Waals surface area contributed by atoms with E-state index in [2.05, 4.69) is 9.64 Å². The molecular formula is C17H24F2N2O3. The second-order valence-electron chi connectivity index (χ2n) is 6.67. The highest BCUT2D eigenvalue weighted by Crippen LogP contribution is 2.17. The lowest BCUT2D eigenvalue weighted by molar-refractivity contribution is -0.132. The van der Waals surface area contributed by atoms with Gasteiger partial charge in [0.15, 0.2) is 0 Å². The van der Waals surface area contributed by atoms with E-state index in [9.17, 15) is 18.7 Å². The van der Waals surface area contributed by atoms with Gasteiger partial charge in [-0.05, 0) is 31.5 Å². The Morgan fingerprint density at radius 2 is 1.96 bits per heavy atom. The molecule has 0 atom stereocenters. The first-order chi connectivity index (χ1) is 11.2. The number of nitrogens with zero attached hydrogens (tertiary/aromatic N) is 2. The average molecular weight is 342 g/mol. The summed E-state index contributed by atoms with van der Waals surface area (Å²) in [6.45, 7) is 3.85. The molecule has 7 heteroatoms. The maximum atomic E-state index is 12.4. The van der Waals surface area contributed by atoms with Crippen molar-refractivity contribution in [2.45, 2.75) is 32.5 Å². The van der Waals surface area contributed by atoms with Gasteiger partial charge in [0.05, 0.1) is 12.0 Å². The zero-order valence-corrected chi connectivity index (χ0v) is 14.0. The summed E-state index contributed by atoms with van der Waals surface area (Å²) in [5, 5.41) is 9.84. The molecule has 0 bridgehead atoms. The van der Waals surface area contributed by atoms with Crippen LogP contribution >= 0.6 is 0 Å². The summed E-state index contributed by atoms with van der Waals surface area (Å²) >= 11 is 0. The van der Waals surface area contributed by atoms with Gasteiger partial charge in [-0.3, -0.25) is 9.69 Å². The third kappa shape index (κ3) is 6.05. The third-order valence-corrected chi connectivity index (χ3v) is 3.81. The van der Waals surface area contributed by atoms with Crippen LogP contribution in [-0.2, 0) is 11.2 Å². The Labute approximate surface area is 140 Å². The number of piperazine rings is 1. The Morgan fingerprint density at radius 3 is 2.54 bits per heavy atom. The molecule has 24 heavy (non-hydrogen) atoms. The second-order valence-corrected chi connectivity index (χ2v) is 6.67. The fourth-order valence-corrected chi connectivity index (χ4v) is 2.82. The zero-order valence-electron chi connectivity index (χ0n) is 14.0. The Kier molecular flexibility index (Phi) is 6.12. The van der Waals surface area contributed by atoms with Crippen LogP contribution in [0.15, 0.2) is 24.3 Å². The number of hydrogen-bond acceptors (Lipinski definition) is 4. The molecule has 1 aromatic rings. The lowest BCUT2D eigenvalue weighted by Crippen LogP contribution is -2.52. The minimum absolute atomic E-state index is 0.0351. The molecule has 1 fully saturated rings. The van der Waals surface area contributed by atoms with Gasteiger partial charge in [-0.1, -0.05) is 12.1 Å². The summed E-state index contributed by atoms with van der Waals surface area (Å²) in [5.74, 6) is 0.0254. The predicted octanol–water partition coefficient (Wildman–Crippen LogP) is 1.75. The summed E-state index contributed by atoms with van der Waals surface area (Å²) < 4.78 is 28.8. The molecule has 1 heterocycles. The molecule has 0 saturated carbocycles. The monoisotopic (exact) mass is 342 g/mol. The number of rotatable bonds is 6. The maximum Gasteiger partial charge on any atom is 0.387 e. The topological polar surface area (TPSA) is 53.0 Å². The molecule has 1 saturated heterocycles. The molecule has 5 nitrogen and oxygen atoms in total. The number of aliphatic hydroxyl groups is 1. The van der Waals surface area contributed by atoms with Crippen LogP contribution in [0.2, 0.25) is 0 Å². The summed E-state index contributed by atoms with van der Waals surface area (Å²) in [6, 6.07) is 6.23. The first-order valence-electron chi connectivity index (χ1n) is 7.99. The first-order valence-corrected chi connectivity index (χ1v) is 7.99. The number of carbonyl (C=O) groups is 1. The average Bonchev–Trinajstić information content (AvgIpc) is 2.46. The molecule has 0 aliphatic carbocycles. The Morgan fingerprint density at radius 1 is 1.29 bits per heavy atom. The van der Waals surface area contributed by atoms with E-state index in [-0.39, 0.29) is 18.1 Å². The summed E-state index contributed by atoms with van der Waals surface area (Å²) in [5.41, 5.74) is -0.103. The number of hydrogen-bond donors (Lipinski definition) is 1. The summed E-state index contributed by atoms with van der Waals surface area (Å²) in [4.78, 5) is 16.3. The summed E-state index contributed by atoms with van der Waals surface area (Å²) in [7, 11) is 0. The Bertz CT molecular complexity index is 553. The quantitative estimate of drug-likeness (QED) is 0.856. The minimum atomic E-state index is -2.88. The molecule has 134 valence electrons. The van der Waals surface area contributed by atoms with E-state index in [1.165, 1.54) is 12.1 Å². The van der Waals surface area contributed by atoms with Crippen LogP contribution in [0.3, 0.4) is 0 Å². The van der Waals surface area contributed by atoms with E-state index in [1.54, 1.807) is 30.9 Å². The van der Waals surface area contributed by atoms with Gasteiger partial charge in [0.1, 0.15) is 5.75 Å². The number of amides is 1. The highest BCUT2D eigenvalue weighted by molar-refractivity contribution is 5.79. The molecule has 0 spiro atoms. The standard InChI is InChI=1S/C17H24F2N2O3/c1-17(2,23)12-20-6-8-21(9-7-20)15(22)11-13-4-3-5-14(10-13)24-16(18)19/h3-5,10,16,23H,6-9,11-12H2,1-2H3. The van der Waals surface area contributed by atoms with Gasteiger partial charge in [0.25, 0.3) is 0 Å². The van der Waals surface area contributed by atoms with Gasteiger partial charge in [-0.15, -0.1) is 0 Å². The van der Waals surface area contributed by atoms with Gasteiger partial charge in [0.2, 0.25) is 5.91 Å². The van der Waals surface area contributed by atoms with Gasteiger partial charge in [-0.2, -0.15) is 8.78 Å². The van der Waals surface area contributed by atoms with E-state index >= 15 is 0 Å². The van der Waals surface area contributed by atoms with Crippen LogP contribution in [-0.4, -0.2) is 65.7 Å². The predicted molar refractivity (Wildman–Crippen MR) is 86.1 cm³/mol. The molecule has 1 aliphatic rings. The lowest BCUT2D eigenvalue weighted by Gasteiger charge is -2.37. The van der Waals surface area contributed by atoms with Crippen molar-refractivity contribution < 1.29 is 23.4 Å². The second kappa shape index (κ2) is 7.90. The lowest BCUT2D eigenvalue weighted by atomic mass is 10.1. The number of benzene rings is 1. The molecule has 0 aromatic heterocycles. The van der Waals surface area contributed by atoms with E-state index < -0.39 is 12.2 Å². The SMILES string of the molecule is CC(C)(O)CN1CCN(C(=O)Cc2cccc(OC(F)F)c2)CC1. The van der Waals surface area contributed by atoms with Crippen molar-refractivity contribution in [2.24, 2.45) is 0 Å². The van der Waals surface area contributed by atoms with Crippen molar-refractivity contribution in [3.63, 3.8) is 0 Å². The van der Waals surface area contributed by atoms with Gasteiger partial charge in [0, 0.05) is 32.7 Å². The minimum Gasteiger partial charge on any atom is -0.435 e. The van der Waals surface area contributed by atoms with Crippen LogP contribution in [0.5, 0.6) is 5.75 Å². The van der Waals surface area contributed by atoms with Gasteiger partial charge >= 0.3 is 6.61 Å². The van der Waals surface area contributed by atoms with Crippen molar-refractivity contribution in [3.05, 3.63) is 29.8 Å². The van der Waals surface area contributed by atoms with Crippen LogP contribution in [0.1, 0.15) is 19.4 Å². The Balaban J connectivity index is 1.85. The van der Waals surface area contributed by atoms with Crippen molar-refractivity contribution >= 4 is 5.91 Å². The van der Waals surface area contributed by atoms with Crippen LogP contribution in [0.4, 0.5) is 8.78 Å². The first kappa shape index (κ1) is 18.6. The van der Waals surface area contributed by atoms with Crippen LogP contribution in [0, 0.1) is 0 Å². The van der Waals surface area contributed by atoms with Crippen molar-refractivity contribution in [3.8, 4) is 5.75 Å². The van der Waals surface area contributed by atoms with Crippen LogP contribution in [0.25, 0.3) is 0 Å². The normalized spacial score (nSPS) is 16.5. The highest BCUT2D eigenvalue weighted by Gasteiger charge is 2.25. The van der Waals surface area contributed by atoms with Gasteiger partial charge < -0.3 is 14.7 Å². The Hall–Kier alpha value is -1.73. The fraction of sp³-hybridized carbons (Fsp3) is 0.588. The molecule has 2 rings (SSSR count). The number of ether oxygens (including phenoxy) is 1. The zero-order chi connectivity index (χ0) is 17.7. The highest BCUT2D eigenvalue weighted by atomic mass is 19.3. The van der Waals surface area contributed by atoms with Crippen molar-refractivity contribution in [1.82, 2.24) is 9.80 Å². The fourth-order valence-electron chi connectivity index (χ4n) is 2.82. The molecule has 1 N–H and O–H groups in total. The van der Waals surface area contributed by atoms with Crippen LogP contribution < -0.4 is 4.74 Å². The maximum absolute atomic E-state index is 12.4. The van der Waals surface area contributed by atoms with Crippen molar-refractivity contribution in [2.75, 3.05) is 32.7 Å². The smallest absolute Gasteiger partial charge is 0.387 e. The molecule has 1 amide bonds.